The molecule has 1 aromatic rings. The Kier molecular flexibility index (Phi) is 5.59. The van der Waals surface area contributed by atoms with E-state index in [0.29, 0.717) is 6.54 Å². The Balaban J connectivity index is 2.53. The van der Waals surface area contributed by atoms with Crippen molar-refractivity contribution in [1.29, 1.82) is 0 Å². The van der Waals surface area contributed by atoms with Crippen LogP contribution in [0.4, 0.5) is 4.79 Å². The van der Waals surface area contributed by atoms with Gasteiger partial charge in [0.2, 0.25) is 0 Å². The highest BCUT2D eigenvalue weighted by Crippen LogP contribution is 2.23. The Morgan fingerprint density at radius 3 is 2.43 bits per heavy atom. The standard InChI is InChI=1S/C18H27NO2/c1-17(2,3)15-11-7-9-14(13-15)10-8-12-19-16(20)21-18(4,5)6/h7-11,13H,12H2,1-6H3,(H,19,20). The number of alkyl carbamates (subject to hydrolysis) is 1. The van der Waals surface area contributed by atoms with Crippen LogP contribution in [-0.2, 0) is 10.2 Å². The molecule has 0 heterocycles. The molecule has 0 atom stereocenters. The molecule has 0 fully saturated rings. The number of hydrogen-bond donors (Lipinski definition) is 1. The van der Waals surface area contributed by atoms with Crippen molar-refractivity contribution in [3.63, 3.8) is 0 Å². The Labute approximate surface area is 128 Å². The number of benzene rings is 1. The summed E-state index contributed by atoms with van der Waals surface area (Å²) in [7, 11) is 0. The van der Waals surface area contributed by atoms with E-state index in [1.807, 2.05) is 32.9 Å². The van der Waals surface area contributed by atoms with Gasteiger partial charge in [-0.25, -0.2) is 4.79 Å². The Hall–Kier alpha value is -1.77. The van der Waals surface area contributed by atoms with Crippen LogP contribution in [0.25, 0.3) is 6.08 Å². The third-order valence-electron chi connectivity index (χ3n) is 2.83. The van der Waals surface area contributed by atoms with Gasteiger partial charge in [-0.2, -0.15) is 0 Å². The van der Waals surface area contributed by atoms with E-state index in [0.717, 1.165) is 5.56 Å². The number of hydrogen-bond acceptors (Lipinski definition) is 2. The average molecular weight is 289 g/mol. The lowest BCUT2D eigenvalue weighted by atomic mass is 9.86. The van der Waals surface area contributed by atoms with E-state index in [-0.39, 0.29) is 5.41 Å². The summed E-state index contributed by atoms with van der Waals surface area (Å²) in [6.07, 6.45) is 3.54. The zero-order valence-electron chi connectivity index (χ0n) is 14.0. The second-order valence-electron chi connectivity index (χ2n) is 7.16. The predicted molar refractivity (Wildman–Crippen MR) is 88.4 cm³/mol. The number of carbonyl (C=O) groups is 1. The molecule has 0 saturated heterocycles. The van der Waals surface area contributed by atoms with Gasteiger partial charge in [-0.15, -0.1) is 0 Å². The summed E-state index contributed by atoms with van der Waals surface area (Å²) in [6, 6.07) is 8.42. The fraction of sp³-hybridized carbons (Fsp3) is 0.500. The molecular formula is C18H27NO2. The van der Waals surface area contributed by atoms with Crippen LogP contribution >= 0.6 is 0 Å². The van der Waals surface area contributed by atoms with E-state index in [2.05, 4.69) is 50.4 Å². The van der Waals surface area contributed by atoms with Crippen molar-refractivity contribution in [3.05, 3.63) is 41.5 Å². The van der Waals surface area contributed by atoms with E-state index in [9.17, 15) is 4.79 Å². The lowest BCUT2D eigenvalue weighted by Gasteiger charge is -2.19. The first kappa shape index (κ1) is 17.3. The lowest BCUT2D eigenvalue weighted by molar-refractivity contribution is 0.0534. The fourth-order valence-electron chi connectivity index (χ4n) is 1.76. The molecular weight excluding hydrogens is 262 g/mol. The van der Waals surface area contributed by atoms with Gasteiger partial charge in [-0.1, -0.05) is 57.2 Å². The van der Waals surface area contributed by atoms with Crippen molar-refractivity contribution >= 4 is 12.2 Å². The maximum atomic E-state index is 11.5. The molecule has 1 rings (SSSR count). The largest absolute Gasteiger partial charge is 0.444 e. The van der Waals surface area contributed by atoms with Gasteiger partial charge >= 0.3 is 6.09 Å². The molecule has 0 bridgehead atoms. The summed E-state index contributed by atoms with van der Waals surface area (Å²) in [4.78, 5) is 11.5. The minimum absolute atomic E-state index is 0.138. The van der Waals surface area contributed by atoms with Crippen LogP contribution in [-0.4, -0.2) is 18.2 Å². The van der Waals surface area contributed by atoms with Gasteiger partial charge in [0.05, 0.1) is 0 Å². The highest BCUT2D eigenvalue weighted by Gasteiger charge is 2.15. The molecule has 3 nitrogen and oxygen atoms in total. The predicted octanol–water partition coefficient (Wildman–Crippen LogP) is 4.52. The molecule has 0 aliphatic carbocycles. The van der Waals surface area contributed by atoms with E-state index >= 15 is 0 Å². The van der Waals surface area contributed by atoms with Crippen LogP contribution in [0.15, 0.2) is 30.3 Å². The molecule has 3 heteroatoms. The molecule has 1 aromatic carbocycles. The SMILES string of the molecule is CC(C)(C)OC(=O)NCC=Cc1cccc(C(C)(C)C)c1. The van der Waals surface area contributed by atoms with E-state index < -0.39 is 11.7 Å². The van der Waals surface area contributed by atoms with Crippen LogP contribution in [0.2, 0.25) is 0 Å². The Bertz CT molecular complexity index is 505. The number of nitrogens with one attached hydrogen (secondary N) is 1. The van der Waals surface area contributed by atoms with Crippen LogP contribution in [0.5, 0.6) is 0 Å². The maximum absolute atomic E-state index is 11.5. The number of rotatable bonds is 3. The van der Waals surface area contributed by atoms with Gasteiger partial charge in [-0.3, -0.25) is 0 Å². The van der Waals surface area contributed by atoms with E-state index in [1.165, 1.54) is 5.56 Å². The van der Waals surface area contributed by atoms with Crippen molar-refractivity contribution in [2.75, 3.05) is 6.54 Å². The first-order valence-electron chi connectivity index (χ1n) is 7.32. The maximum Gasteiger partial charge on any atom is 0.407 e. The molecule has 0 spiro atoms. The zero-order chi connectivity index (χ0) is 16.1. The third kappa shape index (κ3) is 6.98. The highest BCUT2D eigenvalue weighted by molar-refractivity contribution is 5.68. The van der Waals surface area contributed by atoms with Crippen molar-refractivity contribution in [2.24, 2.45) is 0 Å². The van der Waals surface area contributed by atoms with Gasteiger partial charge in [0.1, 0.15) is 5.60 Å². The third-order valence-corrected chi connectivity index (χ3v) is 2.83. The molecule has 0 saturated carbocycles. The number of amides is 1. The second-order valence-corrected chi connectivity index (χ2v) is 7.16. The summed E-state index contributed by atoms with van der Waals surface area (Å²) < 4.78 is 5.17. The minimum atomic E-state index is -0.463. The molecule has 0 unspecified atom stereocenters. The minimum Gasteiger partial charge on any atom is -0.444 e. The topological polar surface area (TPSA) is 38.3 Å². The first-order chi connectivity index (χ1) is 9.58. The molecule has 116 valence electrons. The van der Waals surface area contributed by atoms with Crippen molar-refractivity contribution < 1.29 is 9.53 Å². The molecule has 1 N–H and O–H groups in total. The second kappa shape index (κ2) is 6.79. The summed E-state index contributed by atoms with van der Waals surface area (Å²) in [5, 5.41) is 2.71. The molecule has 21 heavy (non-hydrogen) atoms. The number of carbonyl (C=O) groups excluding carboxylic acids is 1. The first-order valence-corrected chi connectivity index (χ1v) is 7.32. The van der Waals surface area contributed by atoms with Crippen molar-refractivity contribution in [1.82, 2.24) is 5.32 Å². The van der Waals surface area contributed by atoms with Gasteiger partial charge < -0.3 is 10.1 Å². The van der Waals surface area contributed by atoms with Gasteiger partial charge in [0.25, 0.3) is 0 Å². The normalized spacial score (nSPS) is 12.5. The molecule has 0 aliphatic rings. The smallest absolute Gasteiger partial charge is 0.407 e. The van der Waals surface area contributed by atoms with Gasteiger partial charge in [0, 0.05) is 6.54 Å². The highest BCUT2D eigenvalue weighted by atomic mass is 16.6. The lowest BCUT2D eigenvalue weighted by Crippen LogP contribution is -2.32. The van der Waals surface area contributed by atoms with Crippen molar-refractivity contribution in [2.45, 2.75) is 52.6 Å². The van der Waals surface area contributed by atoms with Crippen LogP contribution in [0.3, 0.4) is 0 Å². The molecule has 1 amide bonds. The van der Waals surface area contributed by atoms with Crippen LogP contribution in [0, 0.1) is 0 Å². The zero-order valence-corrected chi connectivity index (χ0v) is 14.0. The summed E-state index contributed by atoms with van der Waals surface area (Å²) in [5.41, 5.74) is 2.10. The Morgan fingerprint density at radius 1 is 1.19 bits per heavy atom. The summed E-state index contributed by atoms with van der Waals surface area (Å²) in [6.45, 7) is 12.6. The fourth-order valence-corrected chi connectivity index (χ4v) is 1.76. The van der Waals surface area contributed by atoms with Crippen molar-refractivity contribution in [3.8, 4) is 0 Å². The van der Waals surface area contributed by atoms with Gasteiger partial charge in [0.15, 0.2) is 0 Å². The molecule has 0 aromatic heterocycles. The van der Waals surface area contributed by atoms with E-state index in [1.54, 1.807) is 0 Å². The Morgan fingerprint density at radius 2 is 1.86 bits per heavy atom. The monoisotopic (exact) mass is 289 g/mol. The number of ether oxygens (including phenoxy) is 1. The quantitative estimate of drug-likeness (QED) is 0.888. The molecule has 0 aliphatic heterocycles. The molecule has 0 radical (unpaired) electrons. The van der Waals surface area contributed by atoms with E-state index in [4.69, 9.17) is 4.74 Å². The van der Waals surface area contributed by atoms with Crippen LogP contribution < -0.4 is 5.32 Å². The van der Waals surface area contributed by atoms with Gasteiger partial charge in [-0.05, 0) is 37.3 Å². The summed E-state index contributed by atoms with van der Waals surface area (Å²) >= 11 is 0. The average Bonchev–Trinajstić information content (AvgIpc) is 2.32. The summed E-state index contributed by atoms with van der Waals surface area (Å²) in [5.74, 6) is 0. The van der Waals surface area contributed by atoms with Crippen LogP contribution in [0.1, 0.15) is 52.7 Å².